The predicted molar refractivity (Wildman–Crippen MR) is 51.0 cm³/mol. The van der Waals surface area contributed by atoms with Crippen LogP contribution in [0, 0.1) is 5.41 Å². The second-order valence-corrected chi connectivity index (χ2v) is 5.20. The molecule has 2 rings (SSSR count). The van der Waals surface area contributed by atoms with Gasteiger partial charge in [-0.05, 0) is 33.6 Å². The van der Waals surface area contributed by atoms with Crippen molar-refractivity contribution in [3.05, 3.63) is 0 Å². The summed E-state index contributed by atoms with van der Waals surface area (Å²) < 4.78 is 0. The Labute approximate surface area is 75.1 Å². The maximum Gasteiger partial charge on any atom is 0.0324 e. The molecule has 70 valence electrons. The summed E-state index contributed by atoms with van der Waals surface area (Å²) in [6.07, 6.45) is 2.70. The fourth-order valence-electron chi connectivity index (χ4n) is 2.46. The molecule has 0 aromatic carbocycles. The Morgan fingerprint density at radius 2 is 1.83 bits per heavy atom. The first kappa shape index (κ1) is 8.52. The van der Waals surface area contributed by atoms with Crippen molar-refractivity contribution >= 4 is 0 Å². The molecule has 1 aliphatic carbocycles. The van der Waals surface area contributed by atoms with Gasteiger partial charge in [0.2, 0.25) is 0 Å². The van der Waals surface area contributed by atoms with E-state index in [1.165, 1.54) is 19.4 Å². The van der Waals surface area contributed by atoms with Gasteiger partial charge in [-0.3, -0.25) is 4.90 Å². The molecule has 2 aliphatic rings. The Morgan fingerprint density at radius 1 is 1.25 bits per heavy atom. The Bertz CT molecular complexity index is 186. The molecule has 1 aliphatic heterocycles. The summed E-state index contributed by atoms with van der Waals surface area (Å²) in [5, 5.41) is 0. The zero-order chi connectivity index (χ0) is 8.98. The van der Waals surface area contributed by atoms with Crippen LogP contribution in [0.5, 0.6) is 0 Å². The molecule has 0 bridgehead atoms. The molecule has 0 amide bonds. The second-order valence-electron chi connectivity index (χ2n) is 5.20. The summed E-state index contributed by atoms with van der Waals surface area (Å²) in [6, 6.07) is 0.660. The molecule has 2 fully saturated rings. The maximum atomic E-state index is 6.30. The first-order valence-corrected chi connectivity index (χ1v) is 5.00. The van der Waals surface area contributed by atoms with Crippen LogP contribution in [0.15, 0.2) is 0 Å². The van der Waals surface area contributed by atoms with Gasteiger partial charge < -0.3 is 5.73 Å². The minimum Gasteiger partial charge on any atom is -0.324 e. The van der Waals surface area contributed by atoms with Crippen LogP contribution in [-0.2, 0) is 0 Å². The van der Waals surface area contributed by atoms with Crippen molar-refractivity contribution in [2.45, 2.75) is 45.2 Å². The van der Waals surface area contributed by atoms with E-state index in [2.05, 4.69) is 25.7 Å². The molecule has 1 atom stereocenters. The molecule has 0 radical (unpaired) electrons. The third-order valence-corrected chi connectivity index (χ3v) is 3.83. The van der Waals surface area contributed by atoms with Crippen molar-refractivity contribution in [1.82, 2.24) is 4.90 Å². The lowest BCUT2D eigenvalue weighted by atomic mass is 9.87. The van der Waals surface area contributed by atoms with Crippen molar-refractivity contribution < 1.29 is 0 Å². The van der Waals surface area contributed by atoms with Gasteiger partial charge in [-0.25, -0.2) is 0 Å². The first-order chi connectivity index (χ1) is 5.47. The van der Waals surface area contributed by atoms with Crippen LogP contribution in [0.3, 0.4) is 0 Å². The molecule has 1 heterocycles. The van der Waals surface area contributed by atoms with E-state index in [-0.39, 0.29) is 5.54 Å². The number of likely N-dealkylation sites (tertiary alicyclic amines) is 1. The largest absolute Gasteiger partial charge is 0.324 e. The monoisotopic (exact) mass is 168 g/mol. The smallest absolute Gasteiger partial charge is 0.0324 e. The van der Waals surface area contributed by atoms with E-state index in [0.717, 1.165) is 6.54 Å². The molecule has 12 heavy (non-hydrogen) atoms. The molecule has 1 saturated carbocycles. The van der Waals surface area contributed by atoms with Gasteiger partial charge in [0.1, 0.15) is 0 Å². The topological polar surface area (TPSA) is 29.3 Å². The first-order valence-electron chi connectivity index (χ1n) is 5.00. The number of nitrogens with zero attached hydrogens (tertiary/aromatic N) is 1. The summed E-state index contributed by atoms with van der Waals surface area (Å²) >= 11 is 0. The zero-order valence-electron chi connectivity index (χ0n) is 8.43. The van der Waals surface area contributed by atoms with Gasteiger partial charge in [-0.2, -0.15) is 0 Å². The SMILES string of the molecule is CC(C)N1CC(C)(N)C2(CC2)C1. The Balaban J connectivity index is 2.12. The number of hydrogen-bond donors (Lipinski definition) is 1. The lowest BCUT2D eigenvalue weighted by Crippen LogP contribution is -2.46. The van der Waals surface area contributed by atoms with Crippen molar-refractivity contribution in [3.63, 3.8) is 0 Å². The number of hydrogen-bond acceptors (Lipinski definition) is 2. The van der Waals surface area contributed by atoms with Crippen molar-refractivity contribution in [2.24, 2.45) is 11.1 Å². The Morgan fingerprint density at radius 3 is 2.08 bits per heavy atom. The molecule has 1 unspecified atom stereocenters. The van der Waals surface area contributed by atoms with Gasteiger partial charge >= 0.3 is 0 Å². The predicted octanol–water partition coefficient (Wildman–Crippen LogP) is 1.21. The standard InChI is InChI=1S/C10H20N2/c1-8(2)12-6-9(3,11)10(7-12)4-5-10/h8H,4-7,11H2,1-3H3. The Kier molecular flexibility index (Phi) is 1.59. The molecule has 1 saturated heterocycles. The zero-order valence-corrected chi connectivity index (χ0v) is 8.43. The second kappa shape index (κ2) is 2.24. The minimum atomic E-state index is 0.0806. The van der Waals surface area contributed by atoms with Crippen LogP contribution in [0.1, 0.15) is 33.6 Å². The molecular weight excluding hydrogens is 148 g/mol. The minimum absolute atomic E-state index is 0.0806. The molecule has 2 N–H and O–H groups in total. The highest BCUT2D eigenvalue weighted by Gasteiger charge is 2.60. The van der Waals surface area contributed by atoms with E-state index in [4.69, 9.17) is 5.73 Å². The van der Waals surface area contributed by atoms with Crippen LogP contribution >= 0.6 is 0 Å². The quantitative estimate of drug-likeness (QED) is 0.637. The van der Waals surface area contributed by atoms with Gasteiger partial charge in [-0.1, -0.05) is 0 Å². The van der Waals surface area contributed by atoms with Gasteiger partial charge in [0.25, 0.3) is 0 Å². The highest BCUT2D eigenvalue weighted by Crippen LogP contribution is 2.57. The van der Waals surface area contributed by atoms with E-state index in [1.54, 1.807) is 0 Å². The van der Waals surface area contributed by atoms with Crippen molar-refractivity contribution in [1.29, 1.82) is 0 Å². The van der Waals surface area contributed by atoms with Crippen LogP contribution in [0.25, 0.3) is 0 Å². The van der Waals surface area contributed by atoms with E-state index in [9.17, 15) is 0 Å². The normalized spacial score (nSPS) is 39.8. The summed E-state index contributed by atoms with van der Waals surface area (Å²) in [5.74, 6) is 0. The third kappa shape index (κ3) is 1.01. The van der Waals surface area contributed by atoms with E-state index >= 15 is 0 Å². The fraction of sp³-hybridized carbons (Fsp3) is 1.00. The fourth-order valence-corrected chi connectivity index (χ4v) is 2.46. The molecule has 2 heteroatoms. The third-order valence-electron chi connectivity index (χ3n) is 3.83. The lowest BCUT2D eigenvalue weighted by Gasteiger charge is -2.25. The number of rotatable bonds is 1. The van der Waals surface area contributed by atoms with Crippen LogP contribution in [0.4, 0.5) is 0 Å². The lowest BCUT2D eigenvalue weighted by molar-refractivity contribution is 0.258. The van der Waals surface area contributed by atoms with E-state index < -0.39 is 0 Å². The molecule has 0 aromatic rings. The van der Waals surface area contributed by atoms with Crippen LogP contribution in [-0.4, -0.2) is 29.6 Å². The van der Waals surface area contributed by atoms with Gasteiger partial charge in [0.05, 0.1) is 0 Å². The average Bonchev–Trinajstić information content (AvgIpc) is 2.61. The summed E-state index contributed by atoms with van der Waals surface area (Å²) in [6.45, 7) is 9.07. The Hall–Kier alpha value is -0.0800. The average molecular weight is 168 g/mol. The van der Waals surface area contributed by atoms with Crippen molar-refractivity contribution in [2.75, 3.05) is 13.1 Å². The van der Waals surface area contributed by atoms with Gasteiger partial charge in [0, 0.05) is 30.1 Å². The highest BCUT2D eigenvalue weighted by molar-refractivity contribution is 5.16. The molecule has 1 spiro atoms. The van der Waals surface area contributed by atoms with Gasteiger partial charge in [0.15, 0.2) is 0 Å². The van der Waals surface area contributed by atoms with E-state index in [1.807, 2.05) is 0 Å². The molecule has 2 nitrogen and oxygen atoms in total. The summed E-state index contributed by atoms with van der Waals surface area (Å²) in [7, 11) is 0. The maximum absolute atomic E-state index is 6.30. The molecular formula is C10H20N2. The summed E-state index contributed by atoms with van der Waals surface area (Å²) in [4.78, 5) is 2.52. The summed E-state index contributed by atoms with van der Waals surface area (Å²) in [5.41, 5.74) is 6.88. The van der Waals surface area contributed by atoms with Crippen LogP contribution < -0.4 is 5.73 Å². The van der Waals surface area contributed by atoms with Crippen LogP contribution in [0.2, 0.25) is 0 Å². The van der Waals surface area contributed by atoms with Crippen molar-refractivity contribution in [3.8, 4) is 0 Å². The highest BCUT2D eigenvalue weighted by atomic mass is 15.2. The van der Waals surface area contributed by atoms with Gasteiger partial charge in [-0.15, -0.1) is 0 Å². The molecule has 0 aromatic heterocycles. The number of nitrogens with two attached hydrogens (primary N) is 1. The van der Waals surface area contributed by atoms with E-state index in [0.29, 0.717) is 11.5 Å².